The number of pyridine rings is 1. The summed E-state index contributed by atoms with van der Waals surface area (Å²) >= 11 is 0. The van der Waals surface area contributed by atoms with Gasteiger partial charge in [0.05, 0.1) is 13.2 Å². The van der Waals surface area contributed by atoms with Crippen LogP contribution in [-0.2, 0) is 11.3 Å². The molecule has 1 aliphatic heterocycles. The Bertz CT molecular complexity index is 455. The molecule has 16 heavy (non-hydrogen) atoms. The van der Waals surface area contributed by atoms with Gasteiger partial charge in [0.1, 0.15) is 11.6 Å². The van der Waals surface area contributed by atoms with Gasteiger partial charge in [0.2, 0.25) is 0 Å². The fraction of sp³-hybridized carbons (Fsp3) is 0.455. The summed E-state index contributed by atoms with van der Waals surface area (Å²) in [5.41, 5.74) is 0.803. The highest BCUT2D eigenvalue weighted by Crippen LogP contribution is 2.05. The second kappa shape index (κ2) is 4.92. The first-order chi connectivity index (χ1) is 7.79. The number of H-pyrrole nitrogens is 1. The Morgan fingerprint density at radius 1 is 1.50 bits per heavy atom. The second-order valence-corrected chi connectivity index (χ2v) is 3.75. The number of hydrogen-bond donors (Lipinski definition) is 1. The monoisotopic (exact) mass is 219 g/mol. The Hall–Kier alpha value is -1.64. The lowest BCUT2D eigenvalue weighted by Crippen LogP contribution is -2.35. The summed E-state index contributed by atoms with van der Waals surface area (Å²) in [5.74, 6) is 0. The van der Waals surface area contributed by atoms with Crippen LogP contribution in [0.4, 0.5) is 0 Å². The third kappa shape index (κ3) is 2.48. The van der Waals surface area contributed by atoms with Crippen LogP contribution in [0.2, 0.25) is 0 Å². The average Bonchev–Trinajstić information content (AvgIpc) is 2.33. The van der Waals surface area contributed by atoms with Crippen LogP contribution in [0, 0.1) is 11.3 Å². The van der Waals surface area contributed by atoms with Gasteiger partial charge in [-0.05, 0) is 11.6 Å². The van der Waals surface area contributed by atoms with Crippen molar-refractivity contribution in [2.75, 3.05) is 26.3 Å². The van der Waals surface area contributed by atoms with Crippen LogP contribution in [0.5, 0.6) is 0 Å². The highest BCUT2D eigenvalue weighted by molar-refractivity contribution is 5.29. The summed E-state index contributed by atoms with van der Waals surface area (Å²) in [5, 5.41) is 8.75. The maximum atomic E-state index is 11.2. The minimum absolute atomic E-state index is 0.172. The van der Waals surface area contributed by atoms with Crippen molar-refractivity contribution in [1.82, 2.24) is 9.88 Å². The molecule has 0 atom stereocenters. The average molecular weight is 219 g/mol. The van der Waals surface area contributed by atoms with E-state index in [4.69, 9.17) is 10.00 Å². The number of nitrogens with one attached hydrogen (secondary N) is 1. The van der Waals surface area contributed by atoms with Gasteiger partial charge in [-0.15, -0.1) is 0 Å². The Balaban J connectivity index is 2.09. The molecule has 1 aliphatic rings. The van der Waals surface area contributed by atoms with Crippen LogP contribution >= 0.6 is 0 Å². The van der Waals surface area contributed by atoms with E-state index in [1.54, 1.807) is 12.3 Å². The van der Waals surface area contributed by atoms with Crippen molar-refractivity contribution in [1.29, 1.82) is 5.26 Å². The van der Waals surface area contributed by atoms with E-state index in [9.17, 15) is 4.79 Å². The number of morpholine rings is 1. The molecule has 1 aromatic heterocycles. The van der Waals surface area contributed by atoms with Gasteiger partial charge in [-0.3, -0.25) is 9.69 Å². The zero-order chi connectivity index (χ0) is 11.4. The van der Waals surface area contributed by atoms with Gasteiger partial charge in [0.25, 0.3) is 5.56 Å². The molecule has 84 valence electrons. The van der Waals surface area contributed by atoms with Gasteiger partial charge >= 0.3 is 0 Å². The Morgan fingerprint density at radius 3 is 2.94 bits per heavy atom. The SMILES string of the molecule is N#Cc1cc(CN2CCOCC2)c[nH]c1=O. The molecule has 0 unspecified atom stereocenters. The van der Waals surface area contributed by atoms with E-state index in [2.05, 4.69) is 9.88 Å². The molecular formula is C11H13N3O2. The summed E-state index contributed by atoms with van der Waals surface area (Å²) in [4.78, 5) is 16.0. The zero-order valence-corrected chi connectivity index (χ0v) is 8.90. The molecule has 1 aromatic rings. The quantitative estimate of drug-likeness (QED) is 0.764. The first-order valence-corrected chi connectivity index (χ1v) is 5.21. The van der Waals surface area contributed by atoms with Gasteiger partial charge in [-0.25, -0.2) is 0 Å². The normalized spacial score (nSPS) is 16.9. The van der Waals surface area contributed by atoms with Crippen molar-refractivity contribution in [3.63, 3.8) is 0 Å². The van der Waals surface area contributed by atoms with Crippen molar-refractivity contribution < 1.29 is 4.74 Å². The van der Waals surface area contributed by atoms with Crippen LogP contribution in [0.15, 0.2) is 17.1 Å². The maximum Gasteiger partial charge on any atom is 0.265 e. The molecular weight excluding hydrogens is 206 g/mol. The van der Waals surface area contributed by atoms with Gasteiger partial charge in [0, 0.05) is 25.8 Å². The van der Waals surface area contributed by atoms with E-state index in [0.29, 0.717) is 0 Å². The lowest BCUT2D eigenvalue weighted by Gasteiger charge is -2.26. The number of nitrogens with zero attached hydrogens (tertiary/aromatic N) is 2. The summed E-state index contributed by atoms with van der Waals surface area (Å²) in [6.45, 7) is 4.01. The second-order valence-electron chi connectivity index (χ2n) is 3.75. The molecule has 1 N–H and O–H groups in total. The van der Waals surface area contributed by atoms with Crippen LogP contribution in [0.1, 0.15) is 11.1 Å². The van der Waals surface area contributed by atoms with Crippen LogP contribution in [-0.4, -0.2) is 36.2 Å². The maximum absolute atomic E-state index is 11.2. The minimum Gasteiger partial charge on any atom is -0.379 e. The molecule has 0 radical (unpaired) electrons. The molecule has 0 amide bonds. The Kier molecular flexibility index (Phi) is 3.34. The lowest BCUT2D eigenvalue weighted by molar-refractivity contribution is 0.0341. The predicted molar refractivity (Wildman–Crippen MR) is 57.9 cm³/mol. The smallest absolute Gasteiger partial charge is 0.265 e. The highest BCUT2D eigenvalue weighted by Gasteiger charge is 2.11. The molecule has 1 fully saturated rings. The van der Waals surface area contributed by atoms with Gasteiger partial charge in [-0.1, -0.05) is 0 Å². The van der Waals surface area contributed by atoms with Crippen LogP contribution in [0.25, 0.3) is 0 Å². The van der Waals surface area contributed by atoms with E-state index in [-0.39, 0.29) is 11.1 Å². The molecule has 5 nitrogen and oxygen atoms in total. The summed E-state index contributed by atoms with van der Waals surface area (Å²) in [6.07, 6.45) is 1.67. The number of hydrogen-bond acceptors (Lipinski definition) is 4. The third-order valence-electron chi connectivity index (χ3n) is 2.59. The Labute approximate surface area is 93.3 Å². The molecule has 0 spiro atoms. The predicted octanol–water partition coefficient (Wildman–Crippen LogP) is 0.0788. The van der Waals surface area contributed by atoms with Crippen molar-refractivity contribution >= 4 is 0 Å². The first kappa shape index (κ1) is 10.9. The molecule has 0 bridgehead atoms. The number of aromatic amines is 1. The standard InChI is InChI=1S/C11H13N3O2/c12-6-10-5-9(7-13-11(10)15)8-14-1-3-16-4-2-14/h5,7H,1-4,8H2,(H,13,15). The fourth-order valence-corrected chi connectivity index (χ4v) is 1.72. The molecule has 2 heterocycles. The minimum atomic E-state index is -0.326. The Morgan fingerprint density at radius 2 is 2.25 bits per heavy atom. The molecule has 0 aromatic carbocycles. The molecule has 0 aliphatic carbocycles. The largest absolute Gasteiger partial charge is 0.379 e. The molecule has 2 rings (SSSR count). The third-order valence-corrected chi connectivity index (χ3v) is 2.59. The zero-order valence-electron chi connectivity index (χ0n) is 8.90. The fourth-order valence-electron chi connectivity index (χ4n) is 1.72. The van der Waals surface area contributed by atoms with E-state index < -0.39 is 0 Å². The summed E-state index contributed by atoms with van der Waals surface area (Å²) in [6, 6.07) is 3.53. The topological polar surface area (TPSA) is 69.1 Å². The van der Waals surface area contributed by atoms with Crippen molar-refractivity contribution in [2.45, 2.75) is 6.54 Å². The number of rotatable bonds is 2. The van der Waals surface area contributed by atoms with Gasteiger partial charge < -0.3 is 9.72 Å². The molecule has 5 heteroatoms. The van der Waals surface area contributed by atoms with E-state index >= 15 is 0 Å². The first-order valence-electron chi connectivity index (χ1n) is 5.21. The number of nitriles is 1. The molecule has 1 saturated heterocycles. The summed E-state index contributed by atoms with van der Waals surface area (Å²) < 4.78 is 5.25. The number of aromatic nitrogens is 1. The number of ether oxygens (including phenoxy) is 1. The van der Waals surface area contributed by atoms with Crippen LogP contribution in [0.3, 0.4) is 0 Å². The van der Waals surface area contributed by atoms with Crippen molar-refractivity contribution in [2.24, 2.45) is 0 Å². The highest BCUT2D eigenvalue weighted by atomic mass is 16.5. The lowest BCUT2D eigenvalue weighted by atomic mass is 10.2. The summed E-state index contributed by atoms with van der Waals surface area (Å²) in [7, 11) is 0. The van der Waals surface area contributed by atoms with Crippen molar-refractivity contribution in [3.05, 3.63) is 33.7 Å². The van der Waals surface area contributed by atoms with Gasteiger partial charge in [0.15, 0.2) is 0 Å². The van der Waals surface area contributed by atoms with Crippen LogP contribution < -0.4 is 5.56 Å². The van der Waals surface area contributed by atoms with Gasteiger partial charge in [-0.2, -0.15) is 5.26 Å². The van der Waals surface area contributed by atoms with E-state index in [0.717, 1.165) is 38.4 Å². The van der Waals surface area contributed by atoms with E-state index in [1.807, 2.05) is 6.07 Å². The molecule has 0 saturated carbocycles. The van der Waals surface area contributed by atoms with Crippen molar-refractivity contribution in [3.8, 4) is 6.07 Å². The van der Waals surface area contributed by atoms with E-state index in [1.165, 1.54) is 0 Å².